The molecule has 17 heavy (non-hydrogen) atoms. The number of nitrogens with two attached hydrogens (primary N) is 1. The van der Waals surface area contributed by atoms with Gasteiger partial charge in [-0.15, -0.1) is 0 Å². The molecule has 0 radical (unpaired) electrons. The number of hydrogen-bond acceptors (Lipinski definition) is 3. The summed E-state index contributed by atoms with van der Waals surface area (Å²) in [5, 5.41) is 0. The first kappa shape index (κ1) is 13.7. The molecule has 1 aliphatic carbocycles. The minimum absolute atomic E-state index is 0.334. The zero-order valence-corrected chi connectivity index (χ0v) is 12.3. The average molecular weight is 256 g/mol. The summed E-state index contributed by atoms with van der Waals surface area (Å²) in [5.74, 6) is 2.63. The van der Waals surface area contributed by atoms with Crippen LogP contribution in [0.1, 0.15) is 46.0 Å². The van der Waals surface area contributed by atoms with Crippen LogP contribution in [-0.2, 0) is 0 Å². The van der Waals surface area contributed by atoms with E-state index in [4.69, 9.17) is 5.73 Å². The van der Waals surface area contributed by atoms with Gasteiger partial charge in [0.25, 0.3) is 0 Å². The molecule has 1 saturated heterocycles. The van der Waals surface area contributed by atoms with Crippen LogP contribution in [0.25, 0.3) is 0 Å². The lowest BCUT2D eigenvalue weighted by molar-refractivity contribution is 0.0283. The molecule has 0 spiro atoms. The third-order valence-electron chi connectivity index (χ3n) is 4.81. The fourth-order valence-corrected chi connectivity index (χ4v) is 4.15. The molecular weight excluding hydrogens is 228 g/mol. The van der Waals surface area contributed by atoms with E-state index >= 15 is 0 Å². The Bertz CT molecular complexity index is 235. The molecule has 0 aromatic rings. The fraction of sp³-hybridized carbons (Fsp3) is 1.00. The Morgan fingerprint density at radius 1 is 1.06 bits per heavy atom. The summed E-state index contributed by atoms with van der Waals surface area (Å²) in [5.41, 5.74) is 7.03. The first-order valence-electron chi connectivity index (χ1n) is 7.11. The SMILES string of the molecule is CC1(C)CCC(CN)(N2CCCSCC2)CC1. The van der Waals surface area contributed by atoms with Gasteiger partial charge in [-0.3, -0.25) is 4.90 Å². The molecule has 0 bridgehead atoms. The molecule has 0 aromatic heterocycles. The van der Waals surface area contributed by atoms with E-state index in [2.05, 4.69) is 30.5 Å². The van der Waals surface area contributed by atoms with Crippen molar-refractivity contribution in [3.05, 3.63) is 0 Å². The minimum atomic E-state index is 0.334. The second kappa shape index (κ2) is 5.50. The van der Waals surface area contributed by atoms with Crippen LogP contribution in [0.5, 0.6) is 0 Å². The topological polar surface area (TPSA) is 29.3 Å². The van der Waals surface area contributed by atoms with Crippen molar-refractivity contribution < 1.29 is 0 Å². The van der Waals surface area contributed by atoms with E-state index in [0.717, 1.165) is 6.54 Å². The fourth-order valence-electron chi connectivity index (χ4n) is 3.26. The molecule has 2 N–H and O–H groups in total. The van der Waals surface area contributed by atoms with Gasteiger partial charge in [0.2, 0.25) is 0 Å². The van der Waals surface area contributed by atoms with Gasteiger partial charge in [-0.2, -0.15) is 11.8 Å². The van der Waals surface area contributed by atoms with E-state index < -0.39 is 0 Å². The minimum Gasteiger partial charge on any atom is -0.329 e. The third-order valence-corrected chi connectivity index (χ3v) is 5.86. The van der Waals surface area contributed by atoms with Crippen molar-refractivity contribution >= 4 is 11.8 Å². The van der Waals surface area contributed by atoms with Gasteiger partial charge in [0.1, 0.15) is 0 Å². The van der Waals surface area contributed by atoms with E-state index in [0.29, 0.717) is 11.0 Å². The highest BCUT2D eigenvalue weighted by molar-refractivity contribution is 7.99. The maximum Gasteiger partial charge on any atom is 0.0332 e. The predicted octanol–water partition coefficient (Wildman–Crippen LogP) is 2.72. The molecule has 2 rings (SSSR count). The first-order valence-corrected chi connectivity index (χ1v) is 8.26. The van der Waals surface area contributed by atoms with E-state index in [-0.39, 0.29) is 0 Å². The van der Waals surface area contributed by atoms with Crippen molar-refractivity contribution in [1.29, 1.82) is 0 Å². The predicted molar refractivity (Wildman–Crippen MR) is 77.5 cm³/mol. The Labute approximate surface area is 111 Å². The van der Waals surface area contributed by atoms with Crippen LogP contribution in [0.15, 0.2) is 0 Å². The summed E-state index contributed by atoms with van der Waals surface area (Å²) >= 11 is 2.11. The Balaban J connectivity index is 2.03. The van der Waals surface area contributed by atoms with Gasteiger partial charge in [-0.25, -0.2) is 0 Å². The second-order valence-corrected chi connectivity index (χ2v) is 7.77. The molecule has 2 fully saturated rings. The largest absolute Gasteiger partial charge is 0.329 e. The van der Waals surface area contributed by atoms with Crippen molar-refractivity contribution in [2.24, 2.45) is 11.1 Å². The maximum atomic E-state index is 6.16. The van der Waals surface area contributed by atoms with Gasteiger partial charge < -0.3 is 5.73 Å². The summed E-state index contributed by atoms with van der Waals surface area (Å²) in [6.45, 7) is 8.19. The van der Waals surface area contributed by atoms with Gasteiger partial charge >= 0.3 is 0 Å². The zero-order chi connectivity index (χ0) is 12.4. The third kappa shape index (κ3) is 3.18. The van der Waals surface area contributed by atoms with Crippen molar-refractivity contribution in [2.45, 2.75) is 51.5 Å². The van der Waals surface area contributed by atoms with Crippen LogP contribution in [0.3, 0.4) is 0 Å². The molecule has 1 saturated carbocycles. The van der Waals surface area contributed by atoms with Gasteiger partial charge in [0, 0.05) is 24.4 Å². The zero-order valence-electron chi connectivity index (χ0n) is 11.5. The molecular formula is C14H28N2S. The lowest BCUT2D eigenvalue weighted by Gasteiger charge is -2.49. The number of thioether (sulfide) groups is 1. The summed E-state index contributed by atoms with van der Waals surface area (Å²) in [7, 11) is 0. The van der Waals surface area contributed by atoms with Crippen LogP contribution in [0, 0.1) is 5.41 Å². The van der Waals surface area contributed by atoms with Crippen molar-refractivity contribution in [2.75, 3.05) is 31.1 Å². The molecule has 0 atom stereocenters. The quantitative estimate of drug-likeness (QED) is 0.824. The molecule has 0 amide bonds. The molecule has 2 nitrogen and oxygen atoms in total. The highest BCUT2D eigenvalue weighted by Crippen LogP contribution is 2.43. The summed E-state index contributed by atoms with van der Waals surface area (Å²) in [4.78, 5) is 2.72. The van der Waals surface area contributed by atoms with Crippen LogP contribution < -0.4 is 5.73 Å². The van der Waals surface area contributed by atoms with Crippen molar-refractivity contribution in [1.82, 2.24) is 4.90 Å². The second-order valence-electron chi connectivity index (χ2n) is 6.55. The lowest BCUT2D eigenvalue weighted by atomic mass is 9.68. The molecule has 0 unspecified atom stereocenters. The van der Waals surface area contributed by atoms with Gasteiger partial charge in [-0.05, 0) is 49.8 Å². The smallest absolute Gasteiger partial charge is 0.0332 e. The number of nitrogens with zero attached hydrogens (tertiary/aromatic N) is 1. The van der Waals surface area contributed by atoms with E-state index in [1.54, 1.807) is 0 Å². The average Bonchev–Trinajstić information content (AvgIpc) is 2.59. The van der Waals surface area contributed by atoms with Gasteiger partial charge in [0.05, 0.1) is 0 Å². The van der Waals surface area contributed by atoms with Crippen molar-refractivity contribution in [3.63, 3.8) is 0 Å². The molecule has 100 valence electrons. The normalized spacial score (nSPS) is 29.8. The van der Waals surface area contributed by atoms with Gasteiger partial charge in [0.15, 0.2) is 0 Å². The van der Waals surface area contributed by atoms with E-state index in [1.165, 1.54) is 56.7 Å². The van der Waals surface area contributed by atoms with Crippen LogP contribution >= 0.6 is 11.8 Å². The number of hydrogen-bond donors (Lipinski definition) is 1. The lowest BCUT2D eigenvalue weighted by Crippen LogP contribution is -2.57. The maximum absolute atomic E-state index is 6.16. The van der Waals surface area contributed by atoms with Crippen LogP contribution in [0.4, 0.5) is 0 Å². The molecule has 3 heteroatoms. The molecule has 2 aliphatic rings. The van der Waals surface area contributed by atoms with Gasteiger partial charge in [-0.1, -0.05) is 13.8 Å². The Hall–Kier alpha value is 0.270. The van der Waals surface area contributed by atoms with Crippen molar-refractivity contribution in [3.8, 4) is 0 Å². The standard InChI is InChI=1S/C14H28N2S/c1-13(2)4-6-14(12-15,7-5-13)16-8-3-10-17-11-9-16/h3-12,15H2,1-2H3. The van der Waals surface area contributed by atoms with E-state index in [1.807, 2.05) is 0 Å². The highest BCUT2D eigenvalue weighted by Gasteiger charge is 2.41. The Morgan fingerprint density at radius 2 is 1.76 bits per heavy atom. The van der Waals surface area contributed by atoms with Crippen LogP contribution in [-0.4, -0.2) is 41.6 Å². The summed E-state index contributed by atoms with van der Waals surface area (Å²) in [6, 6.07) is 0. The molecule has 1 heterocycles. The Kier molecular flexibility index (Phi) is 4.43. The van der Waals surface area contributed by atoms with Crippen LogP contribution in [0.2, 0.25) is 0 Å². The highest BCUT2D eigenvalue weighted by atomic mass is 32.2. The monoisotopic (exact) mass is 256 g/mol. The van der Waals surface area contributed by atoms with E-state index in [9.17, 15) is 0 Å². The summed E-state index contributed by atoms with van der Waals surface area (Å²) < 4.78 is 0. The first-order chi connectivity index (χ1) is 8.08. The molecule has 0 aromatic carbocycles. The molecule has 1 aliphatic heterocycles. The number of rotatable bonds is 2. The summed E-state index contributed by atoms with van der Waals surface area (Å²) in [6.07, 6.45) is 6.64. The Morgan fingerprint density at radius 3 is 2.41 bits per heavy atom.